The molecule has 9 heteroatoms. The molecule has 31 heavy (non-hydrogen) atoms. The summed E-state index contributed by atoms with van der Waals surface area (Å²) in [4.78, 5) is 36.5. The molecule has 0 aromatic heterocycles. The standard InChI is InChI=1S/C22H27FN4O4/c1-22(2,3)15-20(28)24-13-4-14-26(18-9-5-16(23)6-10-18)21(29)25-17-7-11-19(12-8-17)27(30)31/h5-12H,4,13-15H2,1-3H3,(H,24,28)(H,25,29). The van der Waals surface area contributed by atoms with Crippen LogP contribution in [0.25, 0.3) is 0 Å². The predicted octanol–water partition coefficient (Wildman–Crippen LogP) is 4.71. The molecule has 0 aliphatic heterocycles. The maximum atomic E-state index is 13.3. The lowest BCUT2D eigenvalue weighted by atomic mass is 9.92. The Kier molecular flexibility index (Phi) is 8.07. The molecule has 166 valence electrons. The van der Waals surface area contributed by atoms with E-state index >= 15 is 0 Å². The topological polar surface area (TPSA) is 105 Å². The third-order valence-electron chi connectivity index (χ3n) is 4.28. The second-order valence-electron chi connectivity index (χ2n) is 8.30. The first-order chi connectivity index (χ1) is 14.5. The second-order valence-corrected chi connectivity index (χ2v) is 8.30. The minimum atomic E-state index is -0.523. The number of anilines is 2. The number of rotatable bonds is 8. The summed E-state index contributed by atoms with van der Waals surface area (Å²) in [5.74, 6) is -0.481. The predicted molar refractivity (Wildman–Crippen MR) is 118 cm³/mol. The highest BCUT2D eigenvalue weighted by Crippen LogP contribution is 2.20. The van der Waals surface area contributed by atoms with Crippen LogP contribution in [0.15, 0.2) is 48.5 Å². The average Bonchev–Trinajstić information content (AvgIpc) is 2.68. The summed E-state index contributed by atoms with van der Waals surface area (Å²) < 4.78 is 13.3. The molecular weight excluding hydrogens is 403 g/mol. The summed E-state index contributed by atoms with van der Waals surface area (Å²) >= 11 is 0. The van der Waals surface area contributed by atoms with Crippen molar-refractivity contribution >= 4 is 29.0 Å². The molecule has 0 radical (unpaired) electrons. The molecule has 8 nitrogen and oxygen atoms in total. The minimum absolute atomic E-state index is 0.0591. The molecule has 2 aromatic carbocycles. The van der Waals surface area contributed by atoms with E-state index in [-0.39, 0.29) is 23.6 Å². The largest absolute Gasteiger partial charge is 0.356 e. The van der Waals surface area contributed by atoms with Crippen LogP contribution in [0.5, 0.6) is 0 Å². The van der Waals surface area contributed by atoms with Gasteiger partial charge in [0.05, 0.1) is 4.92 Å². The summed E-state index contributed by atoms with van der Waals surface area (Å²) in [7, 11) is 0. The van der Waals surface area contributed by atoms with Gasteiger partial charge in [0.15, 0.2) is 0 Å². The highest BCUT2D eigenvalue weighted by Gasteiger charge is 2.18. The third kappa shape index (κ3) is 8.04. The molecule has 3 amide bonds. The number of nitro benzene ring substituents is 1. The zero-order chi connectivity index (χ0) is 23.0. The van der Waals surface area contributed by atoms with E-state index in [1.807, 2.05) is 20.8 Å². The Morgan fingerprint density at radius 3 is 2.23 bits per heavy atom. The molecule has 2 aromatic rings. The smallest absolute Gasteiger partial charge is 0.326 e. The Morgan fingerprint density at radius 2 is 1.68 bits per heavy atom. The van der Waals surface area contributed by atoms with Gasteiger partial charge in [0.25, 0.3) is 5.69 Å². The van der Waals surface area contributed by atoms with E-state index in [1.54, 1.807) is 0 Å². The van der Waals surface area contributed by atoms with Crippen LogP contribution in [-0.2, 0) is 4.79 Å². The lowest BCUT2D eigenvalue weighted by molar-refractivity contribution is -0.384. The quantitative estimate of drug-likeness (QED) is 0.359. The molecule has 0 spiro atoms. The number of nitrogens with one attached hydrogen (secondary N) is 2. The number of hydrogen-bond donors (Lipinski definition) is 2. The molecule has 2 N–H and O–H groups in total. The lowest BCUT2D eigenvalue weighted by Crippen LogP contribution is -2.37. The van der Waals surface area contributed by atoms with Gasteiger partial charge >= 0.3 is 6.03 Å². The molecule has 0 fully saturated rings. The number of nitro groups is 1. The summed E-state index contributed by atoms with van der Waals surface area (Å²) in [5.41, 5.74) is 0.678. The van der Waals surface area contributed by atoms with E-state index in [2.05, 4.69) is 10.6 Å². The summed E-state index contributed by atoms with van der Waals surface area (Å²) in [6, 6.07) is 10.5. The first-order valence-corrected chi connectivity index (χ1v) is 9.90. The van der Waals surface area contributed by atoms with Gasteiger partial charge in [-0.15, -0.1) is 0 Å². The van der Waals surface area contributed by atoms with E-state index < -0.39 is 16.8 Å². The highest BCUT2D eigenvalue weighted by molar-refractivity contribution is 6.01. The fraction of sp³-hybridized carbons (Fsp3) is 0.364. The van der Waals surface area contributed by atoms with E-state index in [1.165, 1.54) is 53.4 Å². The van der Waals surface area contributed by atoms with Gasteiger partial charge in [0.2, 0.25) is 5.91 Å². The molecular formula is C22H27FN4O4. The van der Waals surface area contributed by atoms with Crippen LogP contribution in [0.4, 0.5) is 26.2 Å². The van der Waals surface area contributed by atoms with Crippen LogP contribution in [0.1, 0.15) is 33.6 Å². The van der Waals surface area contributed by atoms with Crippen molar-refractivity contribution in [2.45, 2.75) is 33.6 Å². The van der Waals surface area contributed by atoms with Crippen LogP contribution in [-0.4, -0.2) is 30.0 Å². The van der Waals surface area contributed by atoms with Crippen molar-refractivity contribution in [2.24, 2.45) is 5.41 Å². The number of hydrogen-bond acceptors (Lipinski definition) is 4. The van der Waals surface area contributed by atoms with Crippen molar-refractivity contribution in [3.63, 3.8) is 0 Å². The number of halogens is 1. The van der Waals surface area contributed by atoms with Crippen LogP contribution >= 0.6 is 0 Å². The number of amides is 3. The zero-order valence-corrected chi connectivity index (χ0v) is 17.9. The van der Waals surface area contributed by atoms with E-state index in [9.17, 15) is 24.1 Å². The fourth-order valence-corrected chi connectivity index (χ4v) is 2.84. The van der Waals surface area contributed by atoms with Crippen molar-refractivity contribution in [2.75, 3.05) is 23.3 Å². The minimum Gasteiger partial charge on any atom is -0.356 e. The van der Waals surface area contributed by atoms with Gasteiger partial charge in [0, 0.05) is 43.0 Å². The second kappa shape index (κ2) is 10.5. The van der Waals surface area contributed by atoms with Gasteiger partial charge < -0.3 is 10.6 Å². The number of carbonyl (C=O) groups excluding carboxylic acids is 2. The fourth-order valence-electron chi connectivity index (χ4n) is 2.84. The van der Waals surface area contributed by atoms with Crippen LogP contribution < -0.4 is 15.5 Å². The maximum absolute atomic E-state index is 13.3. The van der Waals surface area contributed by atoms with Gasteiger partial charge in [-0.1, -0.05) is 20.8 Å². The zero-order valence-electron chi connectivity index (χ0n) is 17.9. The van der Waals surface area contributed by atoms with Crippen molar-refractivity contribution in [3.8, 4) is 0 Å². The molecule has 2 rings (SSSR count). The van der Waals surface area contributed by atoms with Gasteiger partial charge in [-0.3, -0.25) is 19.8 Å². The molecule has 0 aliphatic carbocycles. The van der Waals surface area contributed by atoms with Gasteiger partial charge in [-0.05, 0) is 48.2 Å². The van der Waals surface area contributed by atoms with Crippen LogP contribution in [0.2, 0.25) is 0 Å². The molecule has 0 saturated heterocycles. The number of carbonyl (C=O) groups is 2. The molecule has 0 aliphatic rings. The van der Waals surface area contributed by atoms with Gasteiger partial charge in [0.1, 0.15) is 5.82 Å². The SMILES string of the molecule is CC(C)(C)CC(=O)NCCCN(C(=O)Nc1ccc([N+](=O)[O-])cc1)c1ccc(F)cc1. The van der Waals surface area contributed by atoms with Crippen LogP contribution in [0, 0.1) is 21.3 Å². The third-order valence-corrected chi connectivity index (χ3v) is 4.28. The number of urea groups is 1. The highest BCUT2D eigenvalue weighted by atomic mass is 19.1. The molecule has 0 unspecified atom stereocenters. The Hall–Kier alpha value is -3.49. The number of non-ortho nitro benzene ring substituents is 1. The van der Waals surface area contributed by atoms with E-state index in [4.69, 9.17) is 0 Å². The maximum Gasteiger partial charge on any atom is 0.326 e. The Balaban J connectivity index is 2.02. The van der Waals surface area contributed by atoms with Crippen molar-refractivity contribution in [3.05, 3.63) is 64.5 Å². The monoisotopic (exact) mass is 430 g/mol. The number of nitrogens with zero attached hydrogens (tertiary/aromatic N) is 2. The Labute approximate surface area is 180 Å². The van der Waals surface area contributed by atoms with E-state index in [0.29, 0.717) is 30.8 Å². The van der Waals surface area contributed by atoms with Crippen molar-refractivity contribution in [1.29, 1.82) is 0 Å². The normalized spacial score (nSPS) is 11.0. The Morgan fingerprint density at radius 1 is 1.06 bits per heavy atom. The summed E-state index contributed by atoms with van der Waals surface area (Å²) in [5, 5.41) is 16.3. The number of benzene rings is 2. The molecule has 0 saturated carbocycles. The molecule has 0 heterocycles. The molecule has 0 bridgehead atoms. The van der Waals surface area contributed by atoms with Gasteiger partial charge in [-0.2, -0.15) is 0 Å². The average molecular weight is 430 g/mol. The Bertz CT molecular complexity index is 909. The molecule has 0 atom stereocenters. The van der Waals surface area contributed by atoms with Crippen molar-refractivity contribution in [1.82, 2.24) is 5.32 Å². The lowest BCUT2D eigenvalue weighted by Gasteiger charge is -2.24. The van der Waals surface area contributed by atoms with Crippen molar-refractivity contribution < 1.29 is 18.9 Å². The van der Waals surface area contributed by atoms with Crippen LogP contribution in [0.3, 0.4) is 0 Å². The first-order valence-electron chi connectivity index (χ1n) is 9.90. The summed E-state index contributed by atoms with van der Waals surface area (Å²) in [6.45, 7) is 6.60. The summed E-state index contributed by atoms with van der Waals surface area (Å²) in [6.07, 6.45) is 0.885. The first kappa shape index (κ1) is 23.8. The van der Waals surface area contributed by atoms with E-state index in [0.717, 1.165) is 0 Å². The van der Waals surface area contributed by atoms with Gasteiger partial charge in [-0.25, -0.2) is 9.18 Å².